The van der Waals surface area contributed by atoms with E-state index in [-0.39, 0.29) is 48.0 Å². The Kier molecular flexibility index (Phi) is 12.8. The molecule has 2 aliphatic rings. The fraction of sp³-hybridized carbons (Fsp3) is 0.778. The number of esters is 4. The first-order valence-electron chi connectivity index (χ1n) is 9.40. The van der Waals surface area contributed by atoms with Crippen molar-refractivity contribution in [3.05, 3.63) is 0 Å². The Morgan fingerprint density at radius 3 is 2.07 bits per heavy atom. The number of carbonyl (C=O) groups is 4. The number of carbonyl (C=O) groups excluding carboxylic acids is 4. The predicted molar refractivity (Wildman–Crippen MR) is 107 cm³/mol. The number of rotatable bonds is 9. The van der Waals surface area contributed by atoms with Gasteiger partial charge in [-0.05, 0) is 12.8 Å². The summed E-state index contributed by atoms with van der Waals surface area (Å²) in [6, 6.07) is 0. The number of thioether (sulfide) groups is 2. The largest absolute Gasteiger partial charge is 0.462 e. The van der Waals surface area contributed by atoms with Crippen LogP contribution in [0, 0.1) is 0 Å². The molecule has 0 radical (unpaired) electrons. The van der Waals surface area contributed by atoms with E-state index in [0.717, 1.165) is 12.8 Å². The van der Waals surface area contributed by atoms with E-state index in [1.165, 1.54) is 30.4 Å². The van der Waals surface area contributed by atoms with Crippen LogP contribution in [0.1, 0.15) is 46.5 Å². The highest BCUT2D eigenvalue weighted by molar-refractivity contribution is 8.00. The first-order valence-corrected chi connectivity index (χ1v) is 11.5. The van der Waals surface area contributed by atoms with E-state index >= 15 is 0 Å². The second-order valence-electron chi connectivity index (χ2n) is 6.03. The highest BCUT2D eigenvalue weighted by atomic mass is 32.2. The molecule has 9 nitrogen and oxygen atoms in total. The van der Waals surface area contributed by atoms with Gasteiger partial charge in [-0.15, -0.1) is 23.5 Å². The third kappa shape index (κ3) is 12.0. The standard InChI is InChI=1S/C10H16O5S.C8H12O4S/c1-3-4-8(12)13-5-10-15-9(6-16-10)14-7(2)11;1-2-3-6(9)11-4-8-12-7(10)5-13-8/h9-10H,3-6H2,1-2H3;8H,2-5H2,1H3. The van der Waals surface area contributed by atoms with Gasteiger partial charge in [0.15, 0.2) is 5.44 Å². The Morgan fingerprint density at radius 2 is 1.59 bits per heavy atom. The van der Waals surface area contributed by atoms with Crippen LogP contribution in [0.2, 0.25) is 0 Å². The molecule has 2 aliphatic heterocycles. The summed E-state index contributed by atoms with van der Waals surface area (Å²) < 4.78 is 24.9. The Labute approximate surface area is 178 Å². The summed E-state index contributed by atoms with van der Waals surface area (Å²) >= 11 is 2.84. The second-order valence-corrected chi connectivity index (χ2v) is 8.37. The van der Waals surface area contributed by atoms with Gasteiger partial charge in [0.05, 0.1) is 11.5 Å². The van der Waals surface area contributed by atoms with Crippen molar-refractivity contribution in [2.75, 3.05) is 24.7 Å². The van der Waals surface area contributed by atoms with Crippen molar-refractivity contribution >= 4 is 47.4 Å². The van der Waals surface area contributed by atoms with Crippen molar-refractivity contribution in [2.45, 2.75) is 63.6 Å². The highest BCUT2D eigenvalue weighted by Crippen LogP contribution is 2.26. The lowest BCUT2D eigenvalue weighted by Crippen LogP contribution is -2.22. The average Bonchev–Trinajstić information content (AvgIpc) is 3.27. The highest BCUT2D eigenvalue weighted by Gasteiger charge is 2.29. The lowest BCUT2D eigenvalue weighted by molar-refractivity contribution is -0.175. The van der Waals surface area contributed by atoms with Crippen LogP contribution >= 0.6 is 23.5 Å². The van der Waals surface area contributed by atoms with Crippen molar-refractivity contribution in [3.8, 4) is 0 Å². The molecular formula is C18H28O9S2. The molecule has 0 aromatic rings. The molecule has 0 N–H and O–H groups in total. The van der Waals surface area contributed by atoms with Crippen LogP contribution < -0.4 is 0 Å². The molecule has 11 heteroatoms. The van der Waals surface area contributed by atoms with E-state index in [4.69, 9.17) is 23.7 Å². The van der Waals surface area contributed by atoms with Crippen LogP contribution in [0.3, 0.4) is 0 Å². The van der Waals surface area contributed by atoms with Gasteiger partial charge in [-0.3, -0.25) is 19.2 Å². The Morgan fingerprint density at radius 1 is 1.00 bits per heavy atom. The molecule has 2 fully saturated rings. The number of ether oxygens (including phenoxy) is 5. The SMILES string of the molecule is CCCC(=O)OCC1OC(=O)CS1.CCCC(=O)OCC1OC(OC(C)=O)CS1. The van der Waals surface area contributed by atoms with Gasteiger partial charge in [0, 0.05) is 19.8 Å². The number of cyclic esters (lactones) is 1. The van der Waals surface area contributed by atoms with Gasteiger partial charge in [0.2, 0.25) is 6.29 Å². The molecule has 3 unspecified atom stereocenters. The summed E-state index contributed by atoms with van der Waals surface area (Å²) in [5.41, 5.74) is -0.529. The minimum atomic E-state index is -0.516. The van der Waals surface area contributed by atoms with E-state index in [9.17, 15) is 19.2 Å². The minimum Gasteiger partial charge on any atom is -0.462 e. The van der Waals surface area contributed by atoms with E-state index < -0.39 is 6.29 Å². The van der Waals surface area contributed by atoms with Crippen LogP contribution in [0.4, 0.5) is 0 Å². The zero-order chi connectivity index (χ0) is 21.6. The molecule has 0 spiro atoms. The van der Waals surface area contributed by atoms with Crippen LogP contribution in [0.5, 0.6) is 0 Å². The molecule has 2 heterocycles. The molecule has 2 saturated heterocycles. The Hall–Kier alpha value is -1.46. The van der Waals surface area contributed by atoms with Crippen molar-refractivity contribution in [3.63, 3.8) is 0 Å². The molecule has 2 rings (SSSR count). The van der Waals surface area contributed by atoms with Gasteiger partial charge < -0.3 is 23.7 Å². The lowest BCUT2D eigenvalue weighted by atomic mass is 10.3. The van der Waals surface area contributed by atoms with Gasteiger partial charge in [-0.25, -0.2) is 0 Å². The molecule has 0 bridgehead atoms. The molecule has 3 atom stereocenters. The second kappa shape index (κ2) is 14.5. The van der Waals surface area contributed by atoms with Crippen LogP contribution in [-0.2, 0) is 42.9 Å². The molecule has 29 heavy (non-hydrogen) atoms. The van der Waals surface area contributed by atoms with E-state index in [2.05, 4.69) is 0 Å². The number of hydrogen-bond donors (Lipinski definition) is 0. The third-order valence-electron chi connectivity index (χ3n) is 3.34. The van der Waals surface area contributed by atoms with Crippen molar-refractivity contribution < 1.29 is 42.9 Å². The third-order valence-corrected chi connectivity index (χ3v) is 5.43. The van der Waals surface area contributed by atoms with E-state index in [1.54, 1.807) is 0 Å². The maximum absolute atomic E-state index is 11.1. The molecule has 0 aliphatic carbocycles. The Bertz CT molecular complexity index is 555. The summed E-state index contributed by atoms with van der Waals surface area (Å²) in [5, 5.41) is 0. The maximum atomic E-state index is 11.1. The smallest absolute Gasteiger partial charge is 0.317 e. The van der Waals surface area contributed by atoms with Crippen LogP contribution in [-0.4, -0.2) is 65.8 Å². The normalized spacial score (nSPS) is 22.9. The number of hydrogen-bond acceptors (Lipinski definition) is 11. The van der Waals surface area contributed by atoms with Crippen LogP contribution in [0.15, 0.2) is 0 Å². The minimum absolute atomic E-state index is 0.176. The predicted octanol–water partition coefficient (Wildman–Crippen LogP) is 2.25. The molecule has 0 saturated carbocycles. The van der Waals surface area contributed by atoms with Crippen molar-refractivity contribution in [1.82, 2.24) is 0 Å². The summed E-state index contributed by atoms with van der Waals surface area (Å²) in [5.74, 6) is -0.115. The molecule has 0 aromatic carbocycles. The monoisotopic (exact) mass is 452 g/mol. The lowest BCUT2D eigenvalue weighted by Gasteiger charge is -2.12. The fourth-order valence-corrected chi connectivity index (χ4v) is 3.72. The molecule has 166 valence electrons. The van der Waals surface area contributed by atoms with E-state index in [1.807, 2.05) is 13.8 Å². The zero-order valence-electron chi connectivity index (χ0n) is 16.9. The van der Waals surface area contributed by atoms with Crippen molar-refractivity contribution in [1.29, 1.82) is 0 Å². The summed E-state index contributed by atoms with van der Waals surface area (Å²) in [6.45, 7) is 5.55. The van der Waals surface area contributed by atoms with Gasteiger partial charge in [-0.2, -0.15) is 0 Å². The molecule has 0 aromatic heterocycles. The van der Waals surface area contributed by atoms with Gasteiger partial charge in [-0.1, -0.05) is 13.8 Å². The summed E-state index contributed by atoms with van der Waals surface area (Å²) in [6.07, 6.45) is 1.87. The van der Waals surface area contributed by atoms with Gasteiger partial charge in [0.25, 0.3) is 0 Å². The zero-order valence-corrected chi connectivity index (χ0v) is 18.5. The average molecular weight is 453 g/mol. The summed E-state index contributed by atoms with van der Waals surface area (Å²) in [7, 11) is 0. The quantitative estimate of drug-likeness (QED) is 0.379. The Balaban J connectivity index is 0.000000296. The van der Waals surface area contributed by atoms with Crippen LogP contribution in [0.25, 0.3) is 0 Å². The van der Waals surface area contributed by atoms with Gasteiger partial charge in [0.1, 0.15) is 18.6 Å². The first-order chi connectivity index (χ1) is 13.8. The van der Waals surface area contributed by atoms with Crippen molar-refractivity contribution in [2.24, 2.45) is 0 Å². The topological polar surface area (TPSA) is 114 Å². The first kappa shape index (κ1) is 25.6. The van der Waals surface area contributed by atoms with Gasteiger partial charge >= 0.3 is 23.9 Å². The fourth-order valence-electron chi connectivity index (χ4n) is 2.10. The molecule has 0 amide bonds. The van der Waals surface area contributed by atoms with E-state index in [0.29, 0.717) is 24.3 Å². The maximum Gasteiger partial charge on any atom is 0.317 e. The summed E-state index contributed by atoms with van der Waals surface area (Å²) in [4.78, 5) is 43.3. The molecular weight excluding hydrogens is 424 g/mol.